The van der Waals surface area contributed by atoms with Crippen LogP contribution in [0.25, 0.3) is 5.69 Å². The lowest BCUT2D eigenvalue weighted by atomic mass is 10.0. The molecule has 1 atom stereocenters. The van der Waals surface area contributed by atoms with E-state index in [0.29, 0.717) is 13.1 Å². The van der Waals surface area contributed by atoms with Gasteiger partial charge in [-0.15, -0.1) is 0 Å². The fourth-order valence-corrected chi connectivity index (χ4v) is 3.84. The predicted octanol–water partition coefficient (Wildman–Crippen LogP) is 0.666. The Morgan fingerprint density at radius 3 is 2.85 bits per heavy atom. The molecule has 0 N–H and O–H groups in total. The minimum Gasteiger partial charge on any atom is -0.335 e. The second-order valence-electron chi connectivity index (χ2n) is 7.12. The van der Waals surface area contributed by atoms with Crippen LogP contribution >= 0.6 is 0 Å². The third-order valence-corrected chi connectivity index (χ3v) is 5.20. The summed E-state index contributed by atoms with van der Waals surface area (Å²) in [6.07, 6.45) is 3.70. The second-order valence-corrected chi connectivity index (χ2v) is 7.12. The van der Waals surface area contributed by atoms with Crippen LogP contribution in [0.4, 0.5) is 0 Å². The molecule has 0 unspecified atom stereocenters. The maximum atomic E-state index is 12.5. The smallest absolute Gasteiger partial charge is 0.246 e. The SMILES string of the molecule is Cc1ccc(-n2cccn2)c(CN2CCN3C(=O)CN(C)C(=O)[C@H]3C2)c1. The van der Waals surface area contributed by atoms with E-state index in [9.17, 15) is 9.59 Å². The van der Waals surface area contributed by atoms with Gasteiger partial charge in [-0.3, -0.25) is 14.5 Å². The van der Waals surface area contributed by atoms with Crippen LogP contribution in [-0.4, -0.2) is 75.6 Å². The van der Waals surface area contributed by atoms with Crippen molar-refractivity contribution in [2.45, 2.75) is 19.5 Å². The van der Waals surface area contributed by atoms with Gasteiger partial charge in [-0.1, -0.05) is 17.7 Å². The predicted molar refractivity (Wildman–Crippen MR) is 96.7 cm³/mol. The van der Waals surface area contributed by atoms with Gasteiger partial charge in [0, 0.05) is 45.6 Å². The topological polar surface area (TPSA) is 61.7 Å². The molecule has 0 spiro atoms. The van der Waals surface area contributed by atoms with E-state index in [0.717, 1.165) is 18.8 Å². The Kier molecular flexibility index (Phi) is 4.24. The average molecular weight is 353 g/mol. The Morgan fingerprint density at radius 2 is 2.08 bits per heavy atom. The maximum absolute atomic E-state index is 12.5. The Balaban J connectivity index is 1.56. The molecule has 2 fully saturated rings. The van der Waals surface area contributed by atoms with E-state index < -0.39 is 0 Å². The summed E-state index contributed by atoms with van der Waals surface area (Å²) in [7, 11) is 1.70. The molecular formula is C19H23N5O2. The molecule has 0 aliphatic carbocycles. The summed E-state index contributed by atoms with van der Waals surface area (Å²) >= 11 is 0. The minimum atomic E-state index is -0.368. The van der Waals surface area contributed by atoms with Gasteiger partial charge in [-0.25, -0.2) is 4.68 Å². The van der Waals surface area contributed by atoms with E-state index in [1.54, 1.807) is 18.1 Å². The van der Waals surface area contributed by atoms with E-state index in [1.165, 1.54) is 16.0 Å². The van der Waals surface area contributed by atoms with Crippen LogP contribution in [0.2, 0.25) is 0 Å². The first-order valence-corrected chi connectivity index (χ1v) is 8.89. The van der Waals surface area contributed by atoms with Gasteiger partial charge in [0.2, 0.25) is 11.8 Å². The number of hydrogen-bond acceptors (Lipinski definition) is 4. The third-order valence-electron chi connectivity index (χ3n) is 5.20. The van der Waals surface area contributed by atoms with Crippen molar-refractivity contribution in [3.8, 4) is 5.69 Å². The van der Waals surface area contributed by atoms with Crippen LogP contribution in [0, 0.1) is 6.92 Å². The Morgan fingerprint density at radius 1 is 1.23 bits per heavy atom. The van der Waals surface area contributed by atoms with Gasteiger partial charge in [0.1, 0.15) is 6.04 Å². The number of benzene rings is 1. The van der Waals surface area contributed by atoms with Crippen LogP contribution in [0.1, 0.15) is 11.1 Å². The number of likely N-dealkylation sites (N-methyl/N-ethyl adjacent to an activating group) is 1. The zero-order valence-corrected chi connectivity index (χ0v) is 15.1. The molecule has 2 saturated heterocycles. The Labute approximate surface area is 152 Å². The van der Waals surface area contributed by atoms with Crippen LogP contribution in [0.5, 0.6) is 0 Å². The third kappa shape index (κ3) is 2.99. The highest BCUT2D eigenvalue weighted by molar-refractivity contribution is 5.95. The van der Waals surface area contributed by atoms with Crippen molar-refractivity contribution in [2.75, 3.05) is 33.2 Å². The number of fused-ring (bicyclic) bond motifs is 1. The first kappa shape index (κ1) is 16.8. The fraction of sp³-hybridized carbons (Fsp3) is 0.421. The lowest BCUT2D eigenvalue weighted by Gasteiger charge is -2.45. The number of carbonyl (C=O) groups is 2. The molecular weight excluding hydrogens is 330 g/mol. The molecule has 0 bridgehead atoms. The van der Waals surface area contributed by atoms with Gasteiger partial charge in [0.05, 0.1) is 12.2 Å². The molecule has 2 aliphatic rings. The summed E-state index contributed by atoms with van der Waals surface area (Å²) in [6, 6.07) is 7.87. The molecule has 2 aromatic rings. The first-order valence-electron chi connectivity index (χ1n) is 8.89. The van der Waals surface area contributed by atoms with E-state index in [-0.39, 0.29) is 24.4 Å². The van der Waals surface area contributed by atoms with Crippen molar-refractivity contribution in [3.63, 3.8) is 0 Å². The Hall–Kier alpha value is -2.67. The van der Waals surface area contributed by atoms with Gasteiger partial charge in [0.15, 0.2) is 0 Å². The maximum Gasteiger partial charge on any atom is 0.246 e. The number of piperazine rings is 2. The highest BCUT2D eigenvalue weighted by Gasteiger charge is 2.41. The molecule has 0 radical (unpaired) electrons. The van der Waals surface area contributed by atoms with Crippen LogP contribution in [-0.2, 0) is 16.1 Å². The number of rotatable bonds is 3. The standard InChI is InChI=1S/C19H23N5O2/c1-14-4-5-16(24-7-3-6-20-24)15(10-14)11-22-8-9-23-17(12-22)19(26)21(2)13-18(23)25/h3-7,10,17H,8-9,11-13H2,1-2H3/t17-/m1/s1. The minimum absolute atomic E-state index is 0.0332. The van der Waals surface area contributed by atoms with Crippen molar-refractivity contribution < 1.29 is 9.59 Å². The monoisotopic (exact) mass is 353 g/mol. The molecule has 26 heavy (non-hydrogen) atoms. The number of aromatic nitrogens is 2. The van der Waals surface area contributed by atoms with E-state index >= 15 is 0 Å². The summed E-state index contributed by atoms with van der Waals surface area (Å²) in [4.78, 5) is 30.2. The Bertz CT molecular complexity index is 832. The summed E-state index contributed by atoms with van der Waals surface area (Å²) < 4.78 is 1.87. The summed E-state index contributed by atoms with van der Waals surface area (Å²) in [5.74, 6) is 0.0791. The van der Waals surface area contributed by atoms with Crippen LogP contribution in [0.15, 0.2) is 36.7 Å². The lowest BCUT2D eigenvalue weighted by Crippen LogP contribution is -2.65. The van der Waals surface area contributed by atoms with E-state index in [4.69, 9.17) is 0 Å². The summed E-state index contributed by atoms with van der Waals surface area (Å²) in [6.45, 7) is 4.94. The van der Waals surface area contributed by atoms with E-state index in [2.05, 4.69) is 35.1 Å². The normalized spacial score (nSPS) is 21.2. The second kappa shape index (κ2) is 6.57. The summed E-state index contributed by atoms with van der Waals surface area (Å²) in [5, 5.41) is 4.35. The quantitative estimate of drug-likeness (QED) is 0.814. The molecule has 2 aliphatic heterocycles. The van der Waals surface area contributed by atoms with Crippen molar-refractivity contribution in [1.29, 1.82) is 0 Å². The van der Waals surface area contributed by atoms with Crippen molar-refractivity contribution in [2.24, 2.45) is 0 Å². The van der Waals surface area contributed by atoms with Gasteiger partial charge in [-0.05, 0) is 24.6 Å². The molecule has 4 rings (SSSR count). The summed E-state index contributed by atoms with van der Waals surface area (Å²) in [5.41, 5.74) is 3.41. The lowest BCUT2D eigenvalue weighted by molar-refractivity contribution is -0.158. The van der Waals surface area contributed by atoms with Crippen molar-refractivity contribution in [3.05, 3.63) is 47.8 Å². The number of amides is 2. The number of aryl methyl sites for hydroxylation is 1. The first-order chi connectivity index (χ1) is 12.5. The molecule has 136 valence electrons. The number of nitrogens with zero attached hydrogens (tertiary/aromatic N) is 5. The van der Waals surface area contributed by atoms with E-state index in [1.807, 2.05) is 16.9 Å². The molecule has 1 aromatic heterocycles. The molecule has 0 saturated carbocycles. The average Bonchev–Trinajstić information content (AvgIpc) is 3.14. The van der Waals surface area contributed by atoms with Gasteiger partial charge >= 0.3 is 0 Å². The molecule has 2 amide bonds. The van der Waals surface area contributed by atoms with Crippen LogP contribution < -0.4 is 0 Å². The molecule has 1 aromatic carbocycles. The van der Waals surface area contributed by atoms with Gasteiger partial charge < -0.3 is 9.80 Å². The molecule has 7 nitrogen and oxygen atoms in total. The fourth-order valence-electron chi connectivity index (χ4n) is 3.84. The molecule has 7 heteroatoms. The molecule has 3 heterocycles. The van der Waals surface area contributed by atoms with Gasteiger partial charge in [0.25, 0.3) is 0 Å². The van der Waals surface area contributed by atoms with Gasteiger partial charge in [-0.2, -0.15) is 5.10 Å². The van der Waals surface area contributed by atoms with Crippen LogP contribution in [0.3, 0.4) is 0 Å². The zero-order chi connectivity index (χ0) is 18.3. The highest BCUT2D eigenvalue weighted by atomic mass is 16.2. The van der Waals surface area contributed by atoms with Crippen molar-refractivity contribution in [1.82, 2.24) is 24.5 Å². The number of hydrogen-bond donors (Lipinski definition) is 0. The largest absolute Gasteiger partial charge is 0.335 e. The van der Waals surface area contributed by atoms with Crippen molar-refractivity contribution >= 4 is 11.8 Å². The number of carbonyl (C=O) groups excluding carboxylic acids is 2. The highest BCUT2D eigenvalue weighted by Crippen LogP contribution is 2.22. The zero-order valence-electron chi connectivity index (χ0n) is 15.1.